The highest BCUT2D eigenvalue weighted by atomic mass is 79.9. The van der Waals surface area contributed by atoms with Crippen molar-refractivity contribution in [3.8, 4) is 0 Å². The summed E-state index contributed by atoms with van der Waals surface area (Å²) in [7, 11) is 1.27. The Bertz CT molecular complexity index is 221. The average Bonchev–Trinajstić information content (AvgIpc) is 2.58. The number of aliphatic hydroxyl groups excluding tert-OH is 1. The van der Waals surface area contributed by atoms with Crippen LogP contribution in [0, 0.1) is 0 Å². The summed E-state index contributed by atoms with van der Waals surface area (Å²) in [5, 5.41) is 9.49. The van der Waals surface area contributed by atoms with E-state index < -0.39 is 18.1 Å². The smallest absolute Gasteiger partial charge is 0.328 e. The number of amides is 1. The molecule has 6 heteroatoms. The number of rotatable bonds is 2. The number of β-amino-alcohol motifs (C(OH)–C–C–N with tert-alkyl or cyclic N) is 1. The molecule has 14 heavy (non-hydrogen) atoms. The first-order valence-corrected chi connectivity index (χ1v) is 5.33. The van der Waals surface area contributed by atoms with Crippen molar-refractivity contribution in [2.75, 3.05) is 19.0 Å². The van der Waals surface area contributed by atoms with E-state index in [9.17, 15) is 14.7 Å². The Balaban J connectivity index is 2.72. The number of likely N-dealkylation sites (tertiary alicyclic amines) is 1. The van der Waals surface area contributed by atoms with Gasteiger partial charge in [-0.3, -0.25) is 4.79 Å². The van der Waals surface area contributed by atoms with Gasteiger partial charge in [-0.25, -0.2) is 4.79 Å². The number of carbonyl (C=O) groups excluding carboxylic acids is 2. The molecule has 1 aliphatic rings. The topological polar surface area (TPSA) is 66.8 Å². The van der Waals surface area contributed by atoms with Gasteiger partial charge in [0.2, 0.25) is 5.91 Å². The van der Waals surface area contributed by atoms with Crippen LogP contribution in [0.4, 0.5) is 0 Å². The molecule has 1 fully saturated rings. The molecule has 0 unspecified atom stereocenters. The molecule has 5 nitrogen and oxygen atoms in total. The summed E-state index contributed by atoms with van der Waals surface area (Å²) < 4.78 is 4.55. The Hall–Kier alpha value is -0.620. The van der Waals surface area contributed by atoms with Crippen LogP contribution in [0.25, 0.3) is 0 Å². The van der Waals surface area contributed by atoms with Crippen molar-refractivity contribution in [2.24, 2.45) is 0 Å². The molecular formula is C8H12BrNO4. The molecule has 1 N–H and O–H groups in total. The van der Waals surface area contributed by atoms with Crippen molar-refractivity contribution in [3.63, 3.8) is 0 Å². The SMILES string of the molecule is COC(=O)[C@@H]1C[C@@H](O)CN1C(=O)CBr. The highest BCUT2D eigenvalue weighted by Crippen LogP contribution is 2.19. The lowest BCUT2D eigenvalue weighted by Crippen LogP contribution is -2.41. The third kappa shape index (κ3) is 2.24. The van der Waals surface area contributed by atoms with Gasteiger partial charge in [0.1, 0.15) is 6.04 Å². The van der Waals surface area contributed by atoms with Gasteiger partial charge in [0.05, 0.1) is 18.5 Å². The molecule has 0 aromatic carbocycles. The van der Waals surface area contributed by atoms with Gasteiger partial charge in [-0.2, -0.15) is 0 Å². The number of methoxy groups -OCH3 is 1. The maximum Gasteiger partial charge on any atom is 0.328 e. The number of hydrogen-bond donors (Lipinski definition) is 1. The zero-order valence-electron chi connectivity index (χ0n) is 7.77. The second kappa shape index (κ2) is 4.75. The second-order valence-electron chi connectivity index (χ2n) is 3.11. The lowest BCUT2D eigenvalue weighted by molar-refractivity contribution is -0.150. The van der Waals surface area contributed by atoms with Crippen molar-refractivity contribution < 1.29 is 19.4 Å². The quantitative estimate of drug-likeness (QED) is 0.541. The third-order valence-electron chi connectivity index (χ3n) is 2.19. The van der Waals surface area contributed by atoms with Gasteiger partial charge in [-0.15, -0.1) is 0 Å². The summed E-state index contributed by atoms with van der Waals surface area (Å²) in [5.41, 5.74) is 0. The number of esters is 1. The van der Waals surface area contributed by atoms with E-state index in [-0.39, 0.29) is 24.2 Å². The number of aliphatic hydroxyl groups is 1. The Labute approximate surface area is 90.1 Å². The largest absolute Gasteiger partial charge is 0.467 e. The van der Waals surface area contributed by atoms with E-state index in [1.54, 1.807) is 0 Å². The molecule has 0 aliphatic carbocycles. The van der Waals surface area contributed by atoms with Crippen LogP contribution >= 0.6 is 15.9 Å². The first kappa shape index (κ1) is 11.5. The van der Waals surface area contributed by atoms with Gasteiger partial charge in [-0.1, -0.05) is 15.9 Å². The molecule has 1 amide bonds. The normalized spacial score (nSPS) is 26.4. The predicted molar refractivity (Wildman–Crippen MR) is 51.9 cm³/mol. The number of ether oxygens (including phenoxy) is 1. The summed E-state index contributed by atoms with van der Waals surface area (Å²) in [6.45, 7) is 0.199. The van der Waals surface area contributed by atoms with Gasteiger partial charge >= 0.3 is 5.97 Å². The zero-order chi connectivity index (χ0) is 10.7. The van der Waals surface area contributed by atoms with Gasteiger partial charge in [0.25, 0.3) is 0 Å². The molecule has 1 rings (SSSR count). The van der Waals surface area contributed by atoms with Gasteiger partial charge in [-0.05, 0) is 0 Å². The summed E-state index contributed by atoms with van der Waals surface area (Å²) in [6, 6.07) is -0.639. The van der Waals surface area contributed by atoms with Crippen molar-refractivity contribution in [2.45, 2.75) is 18.6 Å². The molecule has 2 atom stereocenters. The molecule has 1 aliphatic heterocycles. The minimum absolute atomic E-state index is 0.146. The fourth-order valence-corrected chi connectivity index (χ4v) is 1.85. The van der Waals surface area contributed by atoms with E-state index in [1.165, 1.54) is 12.0 Å². The monoisotopic (exact) mass is 265 g/mol. The zero-order valence-corrected chi connectivity index (χ0v) is 9.36. The summed E-state index contributed by atoms with van der Waals surface area (Å²) in [6.07, 6.45) is -0.382. The van der Waals surface area contributed by atoms with E-state index in [2.05, 4.69) is 20.7 Å². The van der Waals surface area contributed by atoms with Gasteiger partial charge < -0.3 is 14.7 Å². The number of carbonyl (C=O) groups is 2. The standard InChI is InChI=1S/C8H12BrNO4/c1-14-8(13)6-2-5(11)4-10(6)7(12)3-9/h5-6,11H,2-4H2,1H3/t5-,6+/m1/s1. The van der Waals surface area contributed by atoms with Crippen LogP contribution in [0.3, 0.4) is 0 Å². The molecular weight excluding hydrogens is 254 g/mol. The van der Waals surface area contributed by atoms with E-state index >= 15 is 0 Å². The van der Waals surface area contributed by atoms with Crippen LogP contribution in [0.5, 0.6) is 0 Å². The lowest BCUT2D eigenvalue weighted by atomic mass is 10.2. The van der Waals surface area contributed by atoms with E-state index in [1.807, 2.05) is 0 Å². The van der Waals surface area contributed by atoms with Gasteiger partial charge in [0.15, 0.2) is 0 Å². The first-order valence-electron chi connectivity index (χ1n) is 4.21. The van der Waals surface area contributed by atoms with E-state index in [4.69, 9.17) is 0 Å². The van der Waals surface area contributed by atoms with Crippen LogP contribution in [0.2, 0.25) is 0 Å². The molecule has 0 bridgehead atoms. The molecule has 0 spiro atoms. The molecule has 0 aromatic heterocycles. The highest BCUT2D eigenvalue weighted by molar-refractivity contribution is 9.09. The van der Waals surface area contributed by atoms with Crippen LogP contribution in [0.15, 0.2) is 0 Å². The number of hydrogen-bond acceptors (Lipinski definition) is 4. The molecule has 0 saturated carbocycles. The Kier molecular flexibility index (Phi) is 3.88. The van der Waals surface area contributed by atoms with Crippen molar-refractivity contribution in [1.29, 1.82) is 0 Å². The highest BCUT2D eigenvalue weighted by Gasteiger charge is 2.38. The predicted octanol–water partition coefficient (Wildman–Crippen LogP) is -0.484. The summed E-state index contributed by atoms with van der Waals surface area (Å²) in [4.78, 5) is 23.9. The minimum atomic E-state index is -0.639. The number of nitrogens with zero attached hydrogens (tertiary/aromatic N) is 1. The van der Waals surface area contributed by atoms with Crippen molar-refractivity contribution in [1.82, 2.24) is 4.90 Å². The average molecular weight is 266 g/mol. The Morgan fingerprint density at radius 2 is 2.29 bits per heavy atom. The number of halogens is 1. The lowest BCUT2D eigenvalue weighted by Gasteiger charge is -2.21. The Morgan fingerprint density at radius 3 is 2.79 bits per heavy atom. The Morgan fingerprint density at radius 1 is 1.64 bits per heavy atom. The third-order valence-corrected chi connectivity index (χ3v) is 2.67. The van der Waals surface area contributed by atoms with Crippen LogP contribution in [-0.2, 0) is 14.3 Å². The molecule has 80 valence electrons. The van der Waals surface area contributed by atoms with Crippen LogP contribution in [-0.4, -0.2) is 53.0 Å². The first-order chi connectivity index (χ1) is 6.60. The molecule has 1 heterocycles. The fraction of sp³-hybridized carbons (Fsp3) is 0.750. The second-order valence-corrected chi connectivity index (χ2v) is 3.67. The molecule has 1 saturated heterocycles. The number of alkyl halides is 1. The maximum absolute atomic E-state index is 11.4. The van der Waals surface area contributed by atoms with Crippen LogP contribution in [0.1, 0.15) is 6.42 Å². The van der Waals surface area contributed by atoms with Crippen molar-refractivity contribution in [3.05, 3.63) is 0 Å². The minimum Gasteiger partial charge on any atom is -0.467 e. The maximum atomic E-state index is 11.4. The van der Waals surface area contributed by atoms with E-state index in [0.717, 1.165) is 0 Å². The summed E-state index contributed by atoms with van der Waals surface area (Å²) in [5.74, 6) is -0.687. The van der Waals surface area contributed by atoms with Gasteiger partial charge in [0, 0.05) is 13.0 Å². The fourth-order valence-electron chi connectivity index (χ4n) is 1.53. The summed E-state index contributed by atoms with van der Waals surface area (Å²) >= 11 is 3.02. The molecule has 0 aromatic rings. The molecule has 0 radical (unpaired) electrons. The van der Waals surface area contributed by atoms with Crippen LogP contribution < -0.4 is 0 Å². The van der Waals surface area contributed by atoms with Crippen molar-refractivity contribution >= 4 is 27.8 Å². The van der Waals surface area contributed by atoms with E-state index in [0.29, 0.717) is 0 Å².